The first-order chi connectivity index (χ1) is 8.58. The zero-order valence-corrected chi connectivity index (χ0v) is 9.29. The molecule has 94 valence electrons. The molecule has 0 saturated carbocycles. The Kier molecular flexibility index (Phi) is 3.41. The Bertz CT molecular complexity index is 572. The molecule has 2 aromatic carbocycles. The van der Waals surface area contributed by atoms with Crippen molar-refractivity contribution in [1.29, 1.82) is 0 Å². The van der Waals surface area contributed by atoms with Crippen LogP contribution in [0.15, 0.2) is 36.4 Å². The molecule has 0 amide bonds. The molecule has 0 aliphatic rings. The number of hydrogen-bond donors (Lipinski definition) is 1. The van der Waals surface area contributed by atoms with E-state index >= 15 is 0 Å². The Morgan fingerprint density at radius 2 is 1.78 bits per heavy atom. The third kappa shape index (κ3) is 2.56. The van der Waals surface area contributed by atoms with Crippen molar-refractivity contribution in [2.45, 2.75) is 6.61 Å². The van der Waals surface area contributed by atoms with Gasteiger partial charge in [0.25, 0.3) is 0 Å². The van der Waals surface area contributed by atoms with Crippen molar-refractivity contribution in [2.24, 2.45) is 0 Å². The number of benzene rings is 2. The van der Waals surface area contributed by atoms with E-state index in [9.17, 15) is 13.2 Å². The molecule has 0 bridgehead atoms. The van der Waals surface area contributed by atoms with E-state index in [1.54, 1.807) is 24.3 Å². The van der Waals surface area contributed by atoms with Gasteiger partial charge in [-0.1, -0.05) is 6.07 Å². The van der Waals surface area contributed by atoms with Gasteiger partial charge in [-0.25, -0.2) is 13.2 Å². The molecule has 0 aliphatic heterocycles. The van der Waals surface area contributed by atoms with Crippen molar-refractivity contribution >= 4 is 5.69 Å². The van der Waals surface area contributed by atoms with Crippen LogP contribution in [-0.4, -0.2) is 0 Å². The van der Waals surface area contributed by atoms with Crippen LogP contribution in [0.5, 0.6) is 5.75 Å². The monoisotopic (exact) mass is 253 g/mol. The SMILES string of the molecule is Nc1cccc(OCc2ccc(F)c(F)c2F)c1. The fourth-order valence-electron chi connectivity index (χ4n) is 1.44. The lowest BCUT2D eigenvalue weighted by molar-refractivity contribution is 0.295. The van der Waals surface area contributed by atoms with Crippen molar-refractivity contribution in [3.63, 3.8) is 0 Å². The smallest absolute Gasteiger partial charge is 0.194 e. The van der Waals surface area contributed by atoms with E-state index < -0.39 is 17.5 Å². The van der Waals surface area contributed by atoms with Crippen LogP contribution in [0.4, 0.5) is 18.9 Å². The van der Waals surface area contributed by atoms with E-state index in [4.69, 9.17) is 10.5 Å². The number of rotatable bonds is 3. The lowest BCUT2D eigenvalue weighted by Gasteiger charge is -2.08. The van der Waals surface area contributed by atoms with Gasteiger partial charge in [0.15, 0.2) is 17.5 Å². The first-order valence-corrected chi connectivity index (χ1v) is 5.18. The molecular weight excluding hydrogens is 243 g/mol. The Balaban J connectivity index is 2.14. The van der Waals surface area contributed by atoms with Crippen molar-refractivity contribution < 1.29 is 17.9 Å². The van der Waals surface area contributed by atoms with E-state index in [-0.39, 0.29) is 12.2 Å². The van der Waals surface area contributed by atoms with Crippen molar-refractivity contribution in [3.05, 3.63) is 59.4 Å². The van der Waals surface area contributed by atoms with Gasteiger partial charge >= 0.3 is 0 Å². The van der Waals surface area contributed by atoms with E-state index in [0.29, 0.717) is 11.4 Å². The molecule has 2 rings (SSSR count). The molecule has 0 heterocycles. The molecule has 5 heteroatoms. The Labute approximate surface area is 102 Å². The van der Waals surface area contributed by atoms with Crippen LogP contribution >= 0.6 is 0 Å². The van der Waals surface area contributed by atoms with Gasteiger partial charge in [-0.15, -0.1) is 0 Å². The second-order valence-corrected chi connectivity index (χ2v) is 3.70. The number of nitrogen functional groups attached to an aromatic ring is 1. The molecule has 2 nitrogen and oxygen atoms in total. The van der Waals surface area contributed by atoms with Gasteiger partial charge in [0.05, 0.1) is 0 Å². The van der Waals surface area contributed by atoms with Crippen molar-refractivity contribution in [3.8, 4) is 5.75 Å². The summed E-state index contributed by atoms with van der Waals surface area (Å²) in [4.78, 5) is 0. The van der Waals surface area contributed by atoms with E-state index in [0.717, 1.165) is 12.1 Å². The van der Waals surface area contributed by atoms with Crippen LogP contribution in [0.3, 0.4) is 0 Å². The summed E-state index contributed by atoms with van der Waals surface area (Å²) in [6.07, 6.45) is 0. The summed E-state index contributed by atoms with van der Waals surface area (Å²) in [6, 6.07) is 8.53. The van der Waals surface area contributed by atoms with Gasteiger partial charge in [-0.3, -0.25) is 0 Å². The van der Waals surface area contributed by atoms with Crippen LogP contribution < -0.4 is 10.5 Å². The molecule has 2 N–H and O–H groups in total. The highest BCUT2D eigenvalue weighted by Crippen LogP contribution is 2.19. The Hall–Kier alpha value is -2.17. The largest absolute Gasteiger partial charge is 0.489 e. The Morgan fingerprint density at radius 3 is 2.50 bits per heavy atom. The van der Waals surface area contributed by atoms with Crippen LogP contribution in [0, 0.1) is 17.5 Å². The lowest BCUT2D eigenvalue weighted by Crippen LogP contribution is -2.02. The molecular formula is C13H10F3NO. The van der Waals surface area contributed by atoms with Crippen molar-refractivity contribution in [2.75, 3.05) is 5.73 Å². The second kappa shape index (κ2) is 5.00. The van der Waals surface area contributed by atoms with E-state index in [1.165, 1.54) is 0 Å². The molecule has 0 saturated heterocycles. The zero-order chi connectivity index (χ0) is 13.1. The van der Waals surface area contributed by atoms with Gasteiger partial charge in [0, 0.05) is 17.3 Å². The molecule has 0 radical (unpaired) electrons. The predicted octanol–water partition coefficient (Wildman–Crippen LogP) is 3.27. The fourth-order valence-corrected chi connectivity index (χ4v) is 1.44. The molecule has 0 spiro atoms. The molecule has 18 heavy (non-hydrogen) atoms. The first-order valence-electron chi connectivity index (χ1n) is 5.18. The normalized spacial score (nSPS) is 10.4. The summed E-state index contributed by atoms with van der Waals surface area (Å²) in [5.74, 6) is -3.53. The minimum Gasteiger partial charge on any atom is -0.489 e. The first kappa shape index (κ1) is 12.3. The number of halogens is 3. The number of hydrogen-bond acceptors (Lipinski definition) is 2. The fraction of sp³-hybridized carbons (Fsp3) is 0.0769. The average Bonchev–Trinajstić information content (AvgIpc) is 2.35. The summed E-state index contributed by atoms with van der Waals surface area (Å²) in [5, 5.41) is 0. The average molecular weight is 253 g/mol. The van der Waals surface area contributed by atoms with E-state index in [2.05, 4.69) is 0 Å². The molecule has 0 atom stereocenters. The van der Waals surface area contributed by atoms with Gasteiger partial charge in [0.2, 0.25) is 0 Å². The highest BCUT2D eigenvalue weighted by Gasteiger charge is 2.13. The molecule has 0 fully saturated rings. The third-order valence-corrected chi connectivity index (χ3v) is 2.37. The van der Waals surface area contributed by atoms with Crippen LogP contribution in [0.25, 0.3) is 0 Å². The standard InChI is InChI=1S/C13H10F3NO/c14-11-5-4-8(12(15)13(11)16)7-18-10-3-1-2-9(17)6-10/h1-6H,7,17H2. The summed E-state index contributed by atoms with van der Waals surface area (Å²) in [5.41, 5.74) is 5.98. The topological polar surface area (TPSA) is 35.2 Å². The van der Waals surface area contributed by atoms with Crippen LogP contribution in [-0.2, 0) is 6.61 Å². The van der Waals surface area contributed by atoms with Crippen LogP contribution in [0.1, 0.15) is 5.56 Å². The van der Waals surface area contributed by atoms with Gasteiger partial charge in [0.1, 0.15) is 12.4 Å². The third-order valence-electron chi connectivity index (χ3n) is 2.37. The maximum absolute atomic E-state index is 13.3. The predicted molar refractivity (Wildman–Crippen MR) is 61.5 cm³/mol. The zero-order valence-electron chi connectivity index (χ0n) is 9.29. The number of anilines is 1. The highest BCUT2D eigenvalue weighted by atomic mass is 19.2. The van der Waals surface area contributed by atoms with Gasteiger partial charge < -0.3 is 10.5 Å². The number of ether oxygens (including phenoxy) is 1. The maximum Gasteiger partial charge on any atom is 0.194 e. The second-order valence-electron chi connectivity index (χ2n) is 3.70. The molecule has 0 unspecified atom stereocenters. The summed E-state index contributed by atoms with van der Waals surface area (Å²) in [7, 11) is 0. The highest BCUT2D eigenvalue weighted by molar-refractivity contribution is 5.43. The Morgan fingerprint density at radius 1 is 1.00 bits per heavy atom. The van der Waals surface area contributed by atoms with Gasteiger partial charge in [-0.2, -0.15) is 0 Å². The number of nitrogens with two attached hydrogens (primary N) is 1. The minimum absolute atomic E-state index is 0.0590. The molecule has 0 aliphatic carbocycles. The van der Waals surface area contributed by atoms with Crippen molar-refractivity contribution in [1.82, 2.24) is 0 Å². The molecule has 0 aromatic heterocycles. The quantitative estimate of drug-likeness (QED) is 0.673. The summed E-state index contributed by atoms with van der Waals surface area (Å²) in [6.45, 7) is -0.202. The minimum atomic E-state index is -1.50. The summed E-state index contributed by atoms with van der Waals surface area (Å²) >= 11 is 0. The summed E-state index contributed by atoms with van der Waals surface area (Å²) < 4.78 is 44.2. The maximum atomic E-state index is 13.3. The van der Waals surface area contributed by atoms with Crippen LogP contribution in [0.2, 0.25) is 0 Å². The lowest BCUT2D eigenvalue weighted by atomic mass is 10.2. The van der Waals surface area contributed by atoms with E-state index in [1.807, 2.05) is 0 Å². The molecule has 2 aromatic rings. The van der Waals surface area contributed by atoms with Gasteiger partial charge in [-0.05, 0) is 24.3 Å².